The number of carboxylic acids is 1. The molecule has 1 aromatic rings. The lowest BCUT2D eigenvalue weighted by Gasteiger charge is -2.01. The molecule has 4 nitrogen and oxygen atoms in total. The summed E-state index contributed by atoms with van der Waals surface area (Å²) < 4.78 is 4.87. The van der Waals surface area contributed by atoms with Crippen molar-refractivity contribution in [2.45, 2.75) is 13.5 Å². The lowest BCUT2D eigenvalue weighted by Crippen LogP contribution is -2.07. The van der Waals surface area contributed by atoms with Crippen LogP contribution in [0.15, 0.2) is 18.2 Å². The van der Waals surface area contributed by atoms with Gasteiger partial charge in [0.15, 0.2) is 0 Å². The third-order valence-electron chi connectivity index (χ3n) is 1.42. The predicted molar refractivity (Wildman–Crippen MR) is 46.3 cm³/mol. The van der Waals surface area contributed by atoms with Gasteiger partial charge in [-0.15, -0.1) is 0 Å². The zero-order valence-electron chi connectivity index (χ0n) is 7.36. The molecule has 0 aromatic carbocycles. The highest BCUT2D eigenvalue weighted by Crippen LogP contribution is 1.99. The minimum absolute atomic E-state index is 0.244. The van der Waals surface area contributed by atoms with Crippen LogP contribution in [-0.2, 0) is 16.1 Å². The molecule has 13 heavy (non-hydrogen) atoms. The molecule has 1 aromatic heterocycles. The molecule has 1 heterocycles. The van der Waals surface area contributed by atoms with Crippen molar-refractivity contribution in [3.05, 3.63) is 29.6 Å². The molecule has 0 aliphatic carbocycles. The average Bonchev–Trinajstić information content (AvgIpc) is 2.03. The quantitative estimate of drug-likeness (QED) is 0.752. The third kappa shape index (κ3) is 3.66. The Hall–Kier alpha value is -1.42. The van der Waals surface area contributed by atoms with E-state index in [1.165, 1.54) is 0 Å². The van der Waals surface area contributed by atoms with Crippen LogP contribution in [0.5, 0.6) is 0 Å². The highest BCUT2D eigenvalue weighted by Gasteiger charge is 1.98. The van der Waals surface area contributed by atoms with Gasteiger partial charge in [-0.3, -0.25) is 4.98 Å². The van der Waals surface area contributed by atoms with Crippen LogP contribution in [0.3, 0.4) is 0 Å². The average molecular weight is 181 g/mol. The summed E-state index contributed by atoms with van der Waals surface area (Å²) in [5.41, 5.74) is 1.65. The smallest absolute Gasteiger partial charge is 0.329 e. The van der Waals surface area contributed by atoms with E-state index in [1.54, 1.807) is 6.07 Å². The number of carboxylic acid groups (broad SMARTS) is 1. The third-order valence-corrected chi connectivity index (χ3v) is 1.42. The molecule has 0 bridgehead atoms. The number of aryl methyl sites for hydroxylation is 1. The van der Waals surface area contributed by atoms with Crippen molar-refractivity contribution < 1.29 is 14.6 Å². The topological polar surface area (TPSA) is 59.4 Å². The number of carbonyl (C=O) groups is 1. The van der Waals surface area contributed by atoms with E-state index < -0.39 is 5.97 Å². The molecule has 0 atom stereocenters. The van der Waals surface area contributed by atoms with Crippen molar-refractivity contribution in [1.82, 2.24) is 4.98 Å². The van der Waals surface area contributed by atoms with Gasteiger partial charge < -0.3 is 9.84 Å². The Morgan fingerprint density at radius 1 is 1.62 bits per heavy atom. The van der Waals surface area contributed by atoms with Gasteiger partial charge in [0.2, 0.25) is 0 Å². The molecular formula is C9H11NO3. The minimum atomic E-state index is -0.965. The summed E-state index contributed by atoms with van der Waals surface area (Å²) in [5, 5.41) is 8.30. The van der Waals surface area contributed by atoms with Gasteiger partial charge in [-0.05, 0) is 19.1 Å². The standard InChI is InChI=1S/C9H11NO3/c1-7-3-2-4-8(10-7)5-13-6-9(11)12/h2-4H,5-6H2,1H3,(H,11,12). The number of ether oxygens (including phenoxy) is 1. The molecule has 0 aliphatic heterocycles. The van der Waals surface area contributed by atoms with Crippen LogP contribution in [0, 0.1) is 6.92 Å². The van der Waals surface area contributed by atoms with Gasteiger partial charge in [0.1, 0.15) is 6.61 Å². The van der Waals surface area contributed by atoms with Crippen LogP contribution in [0.1, 0.15) is 11.4 Å². The number of aromatic nitrogens is 1. The number of nitrogens with zero attached hydrogens (tertiary/aromatic N) is 1. The first-order valence-corrected chi connectivity index (χ1v) is 3.90. The van der Waals surface area contributed by atoms with Crippen LogP contribution in [0.4, 0.5) is 0 Å². The molecule has 1 N–H and O–H groups in total. The zero-order valence-corrected chi connectivity index (χ0v) is 7.36. The van der Waals surface area contributed by atoms with Gasteiger partial charge in [-0.25, -0.2) is 4.79 Å². The molecule has 4 heteroatoms. The van der Waals surface area contributed by atoms with Crippen LogP contribution in [-0.4, -0.2) is 22.7 Å². The number of rotatable bonds is 4. The highest BCUT2D eigenvalue weighted by molar-refractivity contribution is 5.67. The summed E-state index contributed by atoms with van der Waals surface area (Å²) in [6.45, 7) is 1.84. The lowest BCUT2D eigenvalue weighted by molar-refractivity contribution is -0.142. The first-order chi connectivity index (χ1) is 6.18. The molecule has 0 aliphatic rings. The van der Waals surface area contributed by atoms with Gasteiger partial charge in [0.25, 0.3) is 0 Å². The van der Waals surface area contributed by atoms with Crippen molar-refractivity contribution >= 4 is 5.97 Å². The second-order valence-corrected chi connectivity index (χ2v) is 2.66. The Morgan fingerprint density at radius 3 is 3.00 bits per heavy atom. The maximum Gasteiger partial charge on any atom is 0.329 e. The number of hydrogen-bond acceptors (Lipinski definition) is 3. The van der Waals surface area contributed by atoms with Gasteiger partial charge in [0.05, 0.1) is 12.3 Å². The van der Waals surface area contributed by atoms with Crippen molar-refractivity contribution in [3.63, 3.8) is 0 Å². The predicted octanol–water partition coefficient (Wildman–Crippen LogP) is 0.991. The number of aliphatic carboxylic acids is 1. The molecule has 0 saturated carbocycles. The first kappa shape index (κ1) is 9.67. The zero-order chi connectivity index (χ0) is 9.68. The molecule has 70 valence electrons. The molecule has 0 saturated heterocycles. The van der Waals surface area contributed by atoms with Crippen LogP contribution < -0.4 is 0 Å². The summed E-state index contributed by atoms with van der Waals surface area (Å²) in [5.74, 6) is -0.965. The normalized spacial score (nSPS) is 9.92. The fourth-order valence-corrected chi connectivity index (χ4v) is 0.923. The largest absolute Gasteiger partial charge is 0.480 e. The Morgan fingerprint density at radius 2 is 2.38 bits per heavy atom. The summed E-state index contributed by atoms with van der Waals surface area (Å²) in [7, 11) is 0. The van der Waals surface area contributed by atoms with Crippen LogP contribution >= 0.6 is 0 Å². The SMILES string of the molecule is Cc1cccc(COCC(=O)O)n1. The van der Waals surface area contributed by atoms with Gasteiger partial charge in [-0.1, -0.05) is 6.07 Å². The summed E-state index contributed by atoms with van der Waals surface area (Å²) >= 11 is 0. The molecule has 0 unspecified atom stereocenters. The van der Waals surface area contributed by atoms with Crippen molar-refractivity contribution in [2.75, 3.05) is 6.61 Å². The van der Waals surface area contributed by atoms with Gasteiger partial charge in [-0.2, -0.15) is 0 Å². The molecule has 0 radical (unpaired) electrons. The van der Waals surface area contributed by atoms with E-state index in [9.17, 15) is 4.79 Å². The second-order valence-electron chi connectivity index (χ2n) is 2.66. The monoisotopic (exact) mass is 181 g/mol. The van der Waals surface area contributed by atoms with E-state index >= 15 is 0 Å². The molecular weight excluding hydrogens is 170 g/mol. The Balaban J connectivity index is 2.41. The van der Waals surface area contributed by atoms with Gasteiger partial charge in [0, 0.05) is 5.69 Å². The van der Waals surface area contributed by atoms with E-state index in [2.05, 4.69) is 4.98 Å². The summed E-state index contributed by atoms with van der Waals surface area (Å²) in [6, 6.07) is 5.54. The minimum Gasteiger partial charge on any atom is -0.480 e. The van der Waals surface area contributed by atoms with E-state index in [0.29, 0.717) is 0 Å². The Labute approximate surface area is 76.2 Å². The van der Waals surface area contributed by atoms with Crippen molar-refractivity contribution in [2.24, 2.45) is 0 Å². The molecule has 0 spiro atoms. The maximum atomic E-state index is 10.1. The highest BCUT2D eigenvalue weighted by atomic mass is 16.5. The van der Waals surface area contributed by atoms with E-state index in [1.807, 2.05) is 19.1 Å². The Kier molecular flexibility index (Phi) is 3.40. The first-order valence-electron chi connectivity index (χ1n) is 3.90. The van der Waals surface area contributed by atoms with Crippen LogP contribution in [0.2, 0.25) is 0 Å². The van der Waals surface area contributed by atoms with E-state index in [4.69, 9.17) is 9.84 Å². The number of hydrogen-bond donors (Lipinski definition) is 1. The molecule has 0 amide bonds. The summed E-state index contributed by atoms with van der Waals surface area (Å²) in [6.07, 6.45) is 0. The number of pyridine rings is 1. The molecule has 0 fully saturated rings. The maximum absolute atomic E-state index is 10.1. The fourth-order valence-electron chi connectivity index (χ4n) is 0.923. The Bertz CT molecular complexity index is 299. The van der Waals surface area contributed by atoms with Crippen molar-refractivity contribution in [1.29, 1.82) is 0 Å². The summed E-state index contributed by atoms with van der Waals surface area (Å²) in [4.78, 5) is 14.3. The second kappa shape index (κ2) is 4.57. The van der Waals surface area contributed by atoms with Crippen LogP contribution in [0.25, 0.3) is 0 Å². The van der Waals surface area contributed by atoms with Crippen molar-refractivity contribution in [3.8, 4) is 0 Å². The van der Waals surface area contributed by atoms with E-state index in [0.717, 1.165) is 11.4 Å². The van der Waals surface area contributed by atoms with E-state index in [-0.39, 0.29) is 13.2 Å². The van der Waals surface area contributed by atoms with Gasteiger partial charge >= 0.3 is 5.97 Å². The fraction of sp³-hybridized carbons (Fsp3) is 0.333. The lowest BCUT2D eigenvalue weighted by atomic mass is 10.3. The molecule has 1 rings (SSSR count).